The molecule has 1 saturated carbocycles. The van der Waals surface area contributed by atoms with E-state index < -0.39 is 0 Å². The van der Waals surface area contributed by atoms with E-state index in [0.717, 1.165) is 24.9 Å². The number of pyridine rings is 1. The molecule has 3 N–H and O–H groups in total. The number of phenolic OH excluding ortho intramolecular Hbond substituents is 1. The number of hydrogen-bond acceptors (Lipinski definition) is 4. The molecule has 5 nitrogen and oxygen atoms in total. The Balaban J connectivity index is 1.75. The minimum atomic E-state index is 0.0583. The Morgan fingerprint density at radius 1 is 1.19 bits per heavy atom. The second kappa shape index (κ2) is 5.83. The number of aromatic nitrogens is 1. The van der Waals surface area contributed by atoms with Crippen molar-refractivity contribution in [3.05, 3.63) is 42.6 Å². The minimum Gasteiger partial charge on any atom is -0.508 e. The minimum absolute atomic E-state index is 0.0583. The molecule has 0 bridgehead atoms. The highest BCUT2D eigenvalue weighted by atomic mass is 16.3. The normalized spacial score (nSPS) is 14.3. The molecule has 1 aromatic carbocycles. The highest BCUT2D eigenvalue weighted by Gasteiger charge is 2.25. The van der Waals surface area contributed by atoms with Crippen LogP contribution in [0.25, 0.3) is 0 Å². The molecule has 5 heteroatoms. The summed E-state index contributed by atoms with van der Waals surface area (Å²) in [5.74, 6) is 0.991. The quantitative estimate of drug-likeness (QED) is 0.753. The van der Waals surface area contributed by atoms with Crippen LogP contribution in [0.5, 0.6) is 5.75 Å². The van der Waals surface area contributed by atoms with Gasteiger partial charge in [0, 0.05) is 17.8 Å². The van der Waals surface area contributed by atoms with Crippen molar-refractivity contribution >= 4 is 23.1 Å². The fraction of sp³-hybridized carbons (Fsp3) is 0.250. The van der Waals surface area contributed by atoms with Crippen LogP contribution in [0.1, 0.15) is 19.3 Å². The van der Waals surface area contributed by atoms with E-state index in [2.05, 4.69) is 15.6 Å². The molecule has 21 heavy (non-hydrogen) atoms. The summed E-state index contributed by atoms with van der Waals surface area (Å²) < 4.78 is 0. The lowest BCUT2D eigenvalue weighted by Gasteiger charge is -2.24. The van der Waals surface area contributed by atoms with Gasteiger partial charge in [-0.3, -0.25) is 4.79 Å². The van der Waals surface area contributed by atoms with Crippen LogP contribution in [0, 0.1) is 5.92 Å². The number of phenols is 1. The Morgan fingerprint density at radius 2 is 1.95 bits per heavy atom. The summed E-state index contributed by atoms with van der Waals surface area (Å²) in [6, 6.07) is 10.3. The van der Waals surface area contributed by atoms with Gasteiger partial charge >= 0.3 is 0 Å². The van der Waals surface area contributed by atoms with Gasteiger partial charge in [0.1, 0.15) is 5.75 Å². The molecule has 0 unspecified atom stereocenters. The second-order valence-corrected chi connectivity index (χ2v) is 5.19. The molecule has 1 aromatic heterocycles. The lowest BCUT2D eigenvalue weighted by molar-refractivity contribution is -0.122. The third-order valence-corrected chi connectivity index (χ3v) is 3.67. The van der Waals surface area contributed by atoms with Crippen molar-refractivity contribution in [1.29, 1.82) is 0 Å². The molecular formula is C16H17N3O2. The summed E-state index contributed by atoms with van der Waals surface area (Å²) in [5.41, 5.74) is 1.47. The molecular weight excluding hydrogens is 266 g/mol. The summed E-state index contributed by atoms with van der Waals surface area (Å²) in [6.45, 7) is 0. The van der Waals surface area contributed by atoms with Gasteiger partial charge in [-0.2, -0.15) is 0 Å². The van der Waals surface area contributed by atoms with Crippen molar-refractivity contribution in [2.45, 2.75) is 19.3 Å². The fourth-order valence-corrected chi connectivity index (χ4v) is 2.19. The van der Waals surface area contributed by atoms with E-state index in [1.807, 2.05) is 6.07 Å². The van der Waals surface area contributed by atoms with Crippen LogP contribution >= 0.6 is 0 Å². The van der Waals surface area contributed by atoms with E-state index in [9.17, 15) is 9.90 Å². The molecule has 0 spiro atoms. The summed E-state index contributed by atoms with van der Waals surface area (Å²) >= 11 is 0. The lowest BCUT2D eigenvalue weighted by atomic mass is 9.85. The highest BCUT2D eigenvalue weighted by Crippen LogP contribution is 2.29. The van der Waals surface area contributed by atoms with E-state index in [4.69, 9.17) is 0 Å². The lowest BCUT2D eigenvalue weighted by Crippen LogP contribution is -2.28. The summed E-state index contributed by atoms with van der Waals surface area (Å²) in [6.07, 6.45) is 4.73. The van der Waals surface area contributed by atoms with E-state index in [-0.39, 0.29) is 17.6 Å². The number of nitrogens with zero attached hydrogens (tertiary/aromatic N) is 1. The molecule has 0 atom stereocenters. The zero-order chi connectivity index (χ0) is 14.7. The van der Waals surface area contributed by atoms with Crippen molar-refractivity contribution in [3.63, 3.8) is 0 Å². The van der Waals surface area contributed by atoms with Gasteiger partial charge < -0.3 is 15.7 Å². The molecule has 3 rings (SSSR count). The maximum atomic E-state index is 12.0. The van der Waals surface area contributed by atoms with Crippen LogP contribution < -0.4 is 10.6 Å². The zero-order valence-electron chi connectivity index (χ0n) is 11.5. The monoisotopic (exact) mass is 283 g/mol. The number of carbonyl (C=O) groups excluding carboxylic acids is 1. The molecule has 108 valence electrons. The van der Waals surface area contributed by atoms with Crippen LogP contribution in [0.3, 0.4) is 0 Å². The first-order chi connectivity index (χ1) is 10.2. The van der Waals surface area contributed by atoms with Gasteiger partial charge in [0.2, 0.25) is 5.91 Å². The summed E-state index contributed by atoms with van der Waals surface area (Å²) in [4.78, 5) is 16.3. The summed E-state index contributed by atoms with van der Waals surface area (Å²) in [7, 11) is 0. The van der Waals surface area contributed by atoms with Gasteiger partial charge in [-0.05, 0) is 49.2 Å². The van der Waals surface area contributed by atoms with Crippen LogP contribution in [0.4, 0.5) is 17.2 Å². The number of carbonyl (C=O) groups is 1. The molecule has 1 aliphatic rings. The number of amides is 1. The Bertz CT molecular complexity index is 636. The van der Waals surface area contributed by atoms with Crippen LogP contribution in [0.15, 0.2) is 42.6 Å². The predicted molar refractivity (Wildman–Crippen MR) is 81.6 cm³/mol. The van der Waals surface area contributed by atoms with Crippen molar-refractivity contribution in [1.82, 2.24) is 4.98 Å². The average molecular weight is 283 g/mol. The number of benzene rings is 1. The SMILES string of the molecule is O=C(Nc1cccnc1Nc1ccc(O)cc1)C1CCC1. The standard InChI is InChI=1S/C16H17N3O2/c20-13-8-6-12(7-9-13)18-15-14(5-2-10-17-15)19-16(21)11-3-1-4-11/h2,5-11,20H,1,3-4H2,(H,17,18)(H,19,21). The molecule has 1 heterocycles. The predicted octanol–water partition coefficient (Wildman–Crippen LogP) is 3.27. The Kier molecular flexibility index (Phi) is 3.73. The van der Waals surface area contributed by atoms with Gasteiger partial charge in [0.25, 0.3) is 0 Å². The number of hydrogen-bond donors (Lipinski definition) is 3. The van der Waals surface area contributed by atoms with Crippen molar-refractivity contribution < 1.29 is 9.90 Å². The smallest absolute Gasteiger partial charge is 0.227 e. The molecule has 2 aromatic rings. The second-order valence-electron chi connectivity index (χ2n) is 5.19. The molecule has 0 radical (unpaired) electrons. The number of rotatable bonds is 4. The molecule has 0 aliphatic heterocycles. The first-order valence-corrected chi connectivity index (χ1v) is 7.04. The third-order valence-electron chi connectivity index (χ3n) is 3.67. The molecule has 1 fully saturated rings. The first-order valence-electron chi connectivity index (χ1n) is 7.04. The van der Waals surface area contributed by atoms with Gasteiger partial charge in [0.15, 0.2) is 5.82 Å². The number of aromatic hydroxyl groups is 1. The topological polar surface area (TPSA) is 74.2 Å². The average Bonchev–Trinajstić information content (AvgIpc) is 2.41. The van der Waals surface area contributed by atoms with Crippen molar-refractivity contribution in [3.8, 4) is 5.75 Å². The maximum Gasteiger partial charge on any atom is 0.227 e. The van der Waals surface area contributed by atoms with Crippen molar-refractivity contribution in [2.24, 2.45) is 5.92 Å². The molecule has 1 amide bonds. The van der Waals surface area contributed by atoms with E-state index in [1.165, 1.54) is 0 Å². The Labute approximate surface area is 123 Å². The number of nitrogens with one attached hydrogen (secondary N) is 2. The molecule has 0 saturated heterocycles. The van der Waals surface area contributed by atoms with Gasteiger partial charge in [-0.1, -0.05) is 6.42 Å². The van der Waals surface area contributed by atoms with Crippen LogP contribution in [0.2, 0.25) is 0 Å². The van der Waals surface area contributed by atoms with Gasteiger partial charge in [0.05, 0.1) is 5.69 Å². The van der Waals surface area contributed by atoms with E-state index >= 15 is 0 Å². The van der Waals surface area contributed by atoms with Crippen LogP contribution in [-0.2, 0) is 4.79 Å². The number of anilines is 3. The van der Waals surface area contributed by atoms with Crippen molar-refractivity contribution in [2.75, 3.05) is 10.6 Å². The van der Waals surface area contributed by atoms with Crippen LogP contribution in [-0.4, -0.2) is 16.0 Å². The third kappa shape index (κ3) is 3.13. The highest BCUT2D eigenvalue weighted by molar-refractivity contribution is 5.95. The van der Waals surface area contributed by atoms with E-state index in [1.54, 1.807) is 36.5 Å². The van der Waals surface area contributed by atoms with Gasteiger partial charge in [-0.15, -0.1) is 0 Å². The largest absolute Gasteiger partial charge is 0.508 e. The zero-order valence-corrected chi connectivity index (χ0v) is 11.5. The Morgan fingerprint density at radius 3 is 2.62 bits per heavy atom. The maximum absolute atomic E-state index is 12.0. The van der Waals surface area contributed by atoms with Gasteiger partial charge in [-0.25, -0.2) is 4.98 Å². The summed E-state index contributed by atoms with van der Waals surface area (Å²) in [5, 5.41) is 15.4. The molecule has 1 aliphatic carbocycles. The first kappa shape index (κ1) is 13.4. The fourth-order valence-electron chi connectivity index (χ4n) is 2.19. The Hall–Kier alpha value is -2.56. The van der Waals surface area contributed by atoms with E-state index in [0.29, 0.717) is 11.5 Å².